The highest BCUT2D eigenvalue weighted by atomic mass is 16.3. The molecule has 2 rings (SSSR count). The lowest BCUT2D eigenvalue weighted by Crippen LogP contribution is -2.30. The van der Waals surface area contributed by atoms with Gasteiger partial charge in [0.05, 0.1) is 5.56 Å². The molecule has 0 aromatic carbocycles. The monoisotopic (exact) mass is 248 g/mol. The van der Waals surface area contributed by atoms with E-state index in [1.54, 1.807) is 19.9 Å². The highest BCUT2D eigenvalue weighted by Gasteiger charge is 2.36. The summed E-state index contributed by atoms with van der Waals surface area (Å²) in [4.78, 5) is 36.1. The zero-order chi connectivity index (χ0) is 13.3. The van der Waals surface area contributed by atoms with E-state index in [0.29, 0.717) is 42.8 Å². The molecule has 96 valence electrons. The average molecular weight is 248 g/mol. The molecule has 4 heteroatoms. The molecule has 0 saturated heterocycles. The zero-order valence-electron chi connectivity index (χ0n) is 10.6. The second-order valence-corrected chi connectivity index (χ2v) is 4.76. The van der Waals surface area contributed by atoms with Crippen molar-refractivity contribution >= 4 is 17.3 Å². The van der Waals surface area contributed by atoms with Crippen LogP contribution in [0.25, 0.3) is 0 Å². The molecule has 0 atom stereocenters. The lowest BCUT2D eigenvalue weighted by atomic mass is 9.89. The lowest BCUT2D eigenvalue weighted by molar-refractivity contribution is -0.129. The van der Waals surface area contributed by atoms with Gasteiger partial charge in [-0.05, 0) is 32.8 Å². The van der Waals surface area contributed by atoms with E-state index >= 15 is 0 Å². The smallest absolute Gasteiger partial charge is 0.184 e. The van der Waals surface area contributed by atoms with Gasteiger partial charge in [-0.15, -0.1) is 0 Å². The molecule has 1 saturated carbocycles. The van der Waals surface area contributed by atoms with Gasteiger partial charge in [0, 0.05) is 12.8 Å². The standard InChI is InChI=1S/C14H16O4/c1-8-7-10(9(2)18-8)14(17)13-11(15)5-3-4-6-12(13)16/h7,13H,3-6H2,1-2H3. The number of hydrogen-bond donors (Lipinski definition) is 0. The normalized spacial score (nSPS) is 17.9. The summed E-state index contributed by atoms with van der Waals surface area (Å²) in [6.07, 6.45) is 2.02. The van der Waals surface area contributed by atoms with Gasteiger partial charge in [0.1, 0.15) is 17.4 Å². The number of Topliss-reactive ketones (excluding diaryl/α,β-unsaturated/α-hetero) is 3. The van der Waals surface area contributed by atoms with Gasteiger partial charge in [-0.3, -0.25) is 14.4 Å². The number of hydrogen-bond acceptors (Lipinski definition) is 4. The molecule has 0 bridgehead atoms. The molecule has 1 fully saturated rings. The van der Waals surface area contributed by atoms with E-state index < -0.39 is 11.7 Å². The highest BCUT2D eigenvalue weighted by Crippen LogP contribution is 2.24. The molecule has 0 N–H and O–H groups in total. The molecule has 18 heavy (non-hydrogen) atoms. The van der Waals surface area contributed by atoms with Crippen molar-refractivity contribution in [2.24, 2.45) is 5.92 Å². The van der Waals surface area contributed by atoms with Crippen molar-refractivity contribution in [1.82, 2.24) is 0 Å². The van der Waals surface area contributed by atoms with Crippen LogP contribution < -0.4 is 0 Å². The Hall–Kier alpha value is -1.71. The van der Waals surface area contributed by atoms with Gasteiger partial charge in [0.2, 0.25) is 0 Å². The summed E-state index contributed by atoms with van der Waals surface area (Å²) in [5, 5.41) is 0. The van der Waals surface area contributed by atoms with Crippen LogP contribution in [0.2, 0.25) is 0 Å². The third-order valence-corrected chi connectivity index (χ3v) is 3.31. The maximum absolute atomic E-state index is 12.3. The van der Waals surface area contributed by atoms with Crippen LogP contribution in [0.4, 0.5) is 0 Å². The Morgan fingerprint density at radius 1 is 1.17 bits per heavy atom. The third-order valence-electron chi connectivity index (χ3n) is 3.31. The van der Waals surface area contributed by atoms with E-state index in [1.807, 2.05) is 0 Å². The van der Waals surface area contributed by atoms with Crippen molar-refractivity contribution in [3.63, 3.8) is 0 Å². The summed E-state index contributed by atoms with van der Waals surface area (Å²) in [5.74, 6) is -0.919. The quantitative estimate of drug-likeness (QED) is 0.458. The Morgan fingerprint density at radius 3 is 2.17 bits per heavy atom. The first-order chi connectivity index (χ1) is 8.50. The number of furan rings is 1. The van der Waals surface area contributed by atoms with E-state index in [9.17, 15) is 14.4 Å². The van der Waals surface area contributed by atoms with Crippen molar-refractivity contribution in [1.29, 1.82) is 0 Å². The summed E-state index contributed by atoms with van der Waals surface area (Å²) >= 11 is 0. The van der Waals surface area contributed by atoms with Crippen molar-refractivity contribution in [2.75, 3.05) is 0 Å². The molecule has 1 aliphatic rings. The molecule has 1 heterocycles. The Kier molecular flexibility index (Phi) is 3.45. The number of carbonyl (C=O) groups excluding carboxylic acids is 3. The molecule has 1 aromatic rings. The number of carbonyl (C=O) groups is 3. The van der Waals surface area contributed by atoms with Crippen molar-refractivity contribution < 1.29 is 18.8 Å². The van der Waals surface area contributed by atoms with Crippen LogP contribution in [-0.4, -0.2) is 17.3 Å². The molecule has 0 spiro atoms. The molecule has 1 aromatic heterocycles. The van der Waals surface area contributed by atoms with Crippen LogP contribution in [-0.2, 0) is 9.59 Å². The Balaban J connectivity index is 2.34. The van der Waals surface area contributed by atoms with Gasteiger partial charge >= 0.3 is 0 Å². The Labute approximate surface area is 105 Å². The maximum atomic E-state index is 12.3. The third kappa shape index (κ3) is 2.28. The van der Waals surface area contributed by atoms with Crippen molar-refractivity contribution in [3.8, 4) is 0 Å². The lowest BCUT2D eigenvalue weighted by Gasteiger charge is -2.09. The second-order valence-electron chi connectivity index (χ2n) is 4.76. The predicted octanol–water partition coefficient (Wildman–Crippen LogP) is 2.41. The van der Waals surface area contributed by atoms with Gasteiger partial charge in [0.15, 0.2) is 17.3 Å². The molecule has 0 radical (unpaired) electrons. The minimum atomic E-state index is -1.11. The molecule has 4 nitrogen and oxygen atoms in total. The van der Waals surface area contributed by atoms with Gasteiger partial charge in [-0.25, -0.2) is 0 Å². The maximum Gasteiger partial charge on any atom is 0.184 e. The van der Waals surface area contributed by atoms with Crippen LogP contribution in [0.15, 0.2) is 10.5 Å². The Bertz CT molecular complexity index is 492. The van der Waals surface area contributed by atoms with Crippen LogP contribution in [0.1, 0.15) is 47.6 Å². The molecule has 1 aliphatic carbocycles. The number of rotatable bonds is 2. The van der Waals surface area contributed by atoms with Crippen molar-refractivity contribution in [3.05, 3.63) is 23.2 Å². The van der Waals surface area contributed by atoms with Crippen LogP contribution in [0, 0.1) is 19.8 Å². The summed E-state index contributed by atoms with van der Waals surface area (Å²) in [7, 11) is 0. The minimum Gasteiger partial charge on any atom is -0.466 e. The predicted molar refractivity (Wildman–Crippen MR) is 64.5 cm³/mol. The minimum absolute atomic E-state index is 0.249. The topological polar surface area (TPSA) is 64.3 Å². The molecule has 0 unspecified atom stereocenters. The molecular formula is C14H16O4. The highest BCUT2D eigenvalue weighted by molar-refractivity contribution is 6.24. The molecule has 0 aliphatic heterocycles. The number of aryl methyl sites for hydroxylation is 2. The van der Waals surface area contributed by atoms with Gasteiger partial charge in [0.25, 0.3) is 0 Å². The summed E-state index contributed by atoms with van der Waals surface area (Å²) in [6, 6.07) is 1.60. The number of ketones is 3. The van der Waals surface area contributed by atoms with E-state index in [1.165, 1.54) is 0 Å². The fraction of sp³-hybridized carbons (Fsp3) is 0.500. The molecule has 0 amide bonds. The first-order valence-electron chi connectivity index (χ1n) is 6.17. The Morgan fingerprint density at radius 2 is 1.72 bits per heavy atom. The van der Waals surface area contributed by atoms with E-state index in [-0.39, 0.29) is 11.6 Å². The second kappa shape index (κ2) is 4.88. The van der Waals surface area contributed by atoms with Crippen LogP contribution >= 0.6 is 0 Å². The van der Waals surface area contributed by atoms with Crippen molar-refractivity contribution in [2.45, 2.75) is 39.5 Å². The van der Waals surface area contributed by atoms with E-state index in [0.717, 1.165) is 0 Å². The first-order valence-corrected chi connectivity index (χ1v) is 6.17. The molecular weight excluding hydrogens is 232 g/mol. The zero-order valence-corrected chi connectivity index (χ0v) is 10.6. The fourth-order valence-electron chi connectivity index (χ4n) is 2.39. The van der Waals surface area contributed by atoms with Gasteiger partial charge in [-0.2, -0.15) is 0 Å². The van der Waals surface area contributed by atoms with Gasteiger partial charge in [-0.1, -0.05) is 0 Å². The van der Waals surface area contributed by atoms with E-state index in [4.69, 9.17) is 4.42 Å². The van der Waals surface area contributed by atoms with Crippen LogP contribution in [0.3, 0.4) is 0 Å². The fourth-order valence-corrected chi connectivity index (χ4v) is 2.39. The average Bonchev–Trinajstić information content (AvgIpc) is 2.54. The largest absolute Gasteiger partial charge is 0.466 e. The first kappa shape index (κ1) is 12.7. The summed E-state index contributed by atoms with van der Waals surface area (Å²) in [6.45, 7) is 3.41. The summed E-state index contributed by atoms with van der Waals surface area (Å²) < 4.78 is 5.28. The van der Waals surface area contributed by atoms with E-state index in [2.05, 4.69) is 0 Å². The summed E-state index contributed by atoms with van der Waals surface area (Å²) in [5.41, 5.74) is 0.362. The van der Waals surface area contributed by atoms with Gasteiger partial charge < -0.3 is 4.42 Å². The van der Waals surface area contributed by atoms with Crippen LogP contribution in [0.5, 0.6) is 0 Å². The SMILES string of the molecule is Cc1cc(C(=O)C2C(=O)CCCCC2=O)c(C)o1.